The molecule has 1 aliphatic carbocycles. The molecule has 0 aromatic heterocycles. The van der Waals surface area contributed by atoms with Crippen LogP contribution < -0.4 is 9.44 Å². The Hall–Kier alpha value is -0.260. The van der Waals surface area contributed by atoms with Crippen LogP contribution in [0.5, 0.6) is 0 Å². The molecule has 0 bridgehead atoms. The Bertz CT molecular complexity index is 446. The molecule has 1 rings (SSSR count). The van der Waals surface area contributed by atoms with Gasteiger partial charge in [-0.05, 0) is 19.3 Å². The van der Waals surface area contributed by atoms with E-state index in [4.69, 9.17) is 10.2 Å². The van der Waals surface area contributed by atoms with Gasteiger partial charge in [-0.15, -0.1) is 0 Å². The van der Waals surface area contributed by atoms with Gasteiger partial charge in [0.15, 0.2) is 0 Å². The van der Waals surface area contributed by atoms with E-state index >= 15 is 0 Å². The van der Waals surface area contributed by atoms with Gasteiger partial charge >= 0.3 is 0 Å². The fourth-order valence-electron chi connectivity index (χ4n) is 2.28. The van der Waals surface area contributed by atoms with Crippen molar-refractivity contribution >= 4 is 20.0 Å². The van der Waals surface area contributed by atoms with E-state index in [0.29, 0.717) is 19.3 Å². The summed E-state index contributed by atoms with van der Waals surface area (Å²) in [5.74, 6) is 0. The van der Waals surface area contributed by atoms with E-state index in [1.165, 1.54) is 0 Å². The number of hydrogen-bond acceptors (Lipinski definition) is 6. The van der Waals surface area contributed by atoms with Gasteiger partial charge in [0.05, 0.1) is 23.7 Å². The smallest absolute Gasteiger partial charge is 0.214 e. The van der Waals surface area contributed by atoms with E-state index in [1.54, 1.807) is 0 Å². The summed E-state index contributed by atoms with van der Waals surface area (Å²) in [6.45, 7) is -0.741. The lowest BCUT2D eigenvalue weighted by Crippen LogP contribution is -2.44. The molecule has 0 aromatic carbocycles. The number of hydrogen-bond donors (Lipinski definition) is 4. The summed E-state index contributed by atoms with van der Waals surface area (Å²) < 4.78 is 52.3. The number of aliphatic hydroxyl groups excluding tert-OH is 2. The Morgan fingerprint density at radius 3 is 1.60 bits per heavy atom. The van der Waals surface area contributed by atoms with E-state index in [2.05, 4.69) is 9.44 Å². The standard InChI is InChI=1S/C10H22N2O6S2/c13-6-4-11-19(15,16)9-2-1-3-10(8-9)20(17,18)12-5-7-14/h9-14H,1-8H2. The maximum absolute atomic E-state index is 12.0. The fraction of sp³-hybridized carbons (Fsp3) is 1.00. The van der Waals surface area contributed by atoms with Crippen LogP contribution in [0.1, 0.15) is 25.7 Å². The third-order valence-corrected chi connectivity index (χ3v) is 7.11. The van der Waals surface area contributed by atoms with E-state index in [0.717, 1.165) is 0 Å². The molecule has 4 N–H and O–H groups in total. The molecule has 0 aromatic rings. The average Bonchev–Trinajstić information content (AvgIpc) is 2.43. The Kier molecular flexibility index (Phi) is 6.82. The average molecular weight is 330 g/mol. The van der Waals surface area contributed by atoms with Crippen molar-refractivity contribution in [2.45, 2.75) is 36.2 Å². The maximum atomic E-state index is 12.0. The van der Waals surface area contributed by atoms with Crippen LogP contribution in [-0.4, -0.2) is 63.9 Å². The summed E-state index contributed by atoms with van der Waals surface area (Å²) in [6, 6.07) is 0. The first kappa shape index (κ1) is 17.8. The molecular formula is C10H22N2O6S2. The van der Waals surface area contributed by atoms with Crippen molar-refractivity contribution in [3.63, 3.8) is 0 Å². The Labute approximate surface area is 119 Å². The Balaban J connectivity index is 2.71. The second kappa shape index (κ2) is 7.66. The third kappa shape index (κ3) is 4.93. The molecule has 120 valence electrons. The van der Waals surface area contributed by atoms with Crippen LogP contribution in [0, 0.1) is 0 Å². The highest BCUT2D eigenvalue weighted by Gasteiger charge is 2.37. The van der Waals surface area contributed by atoms with Crippen LogP contribution in [-0.2, 0) is 20.0 Å². The first-order valence-electron chi connectivity index (χ1n) is 6.52. The van der Waals surface area contributed by atoms with E-state index in [1.807, 2.05) is 0 Å². The zero-order valence-corrected chi connectivity index (χ0v) is 12.8. The van der Waals surface area contributed by atoms with Crippen molar-refractivity contribution in [2.24, 2.45) is 0 Å². The second-order valence-corrected chi connectivity index (χ2v) is 8.83. The van der Waals surface area contributed by atoms with Gasteiger partial charge < -0.3 is 10.2 Å². The van der Waals surface area contributed by atoms with Gasteiger partial charge in [-0.1, -0.05) is 6.42 Å². The zero-order chi connectivity index (χ0) is 15.2. The van der Waals surface area contributed by atoms with Crippen LogP contribution >= 0.6 is 0 Å². The maximum Gasteiger partial charge on any atom is 0.214 e. The number of aliphatic hydroxyl groups is 2. The molecule has 1 aliphatic rings. The normalized spacial score (nSPS) is 24.7. The molecule has 0 heterocycles. The number of rotatable bonds is 8. The SMILES string of the molecule is O=S(=O)(NCCO)C1CCCC(S(=O)(=O)NCCO)C1. The van der Waals surface area contributed by atoms with Crippen LogP contribution in [0.25, 0.3) is 0 Å². The van der Waals surface area contributed by atoms with E-state index in [-0.39, 0.29) is 32.7 Å². The summed E-state index contributed by atoms with van der Waals surface area (Å²) in [7, 11) is -7.22. The predicted octanol–water partition coefficient (Wildman–Crippen LogP) is -1.88. The highest BCUT2D eigenvalue weighted by Crippen LogP contribution is 2.27. The fourth-order valence-corrected chi connectivity index (χ4v) is 5.55. The minimum Gasteiger partial charge on any atom is -0.395 e. The first-order valence-corrected chi connectivity index (χ1v) is 9.61. The van der Waals surface area contributed by atoms with Crippen LogP contribution in [0.2, 0.25) is 0 Å². The summed E-state index contributed by atoms with van der Waals surface area (Å²) in [4.78, 5) is 0. The lowest BCUT2D eigenvalue weighted by Gasteiger charge is -2.28. The van der Waals surface area contributed by atoms with Crippen molar-refractivity contribution in [3.05, 3.63) is 0 Å². The topological polar surface area (TPSA) is 133 Å². The van der Waals surface area contributed by atoms with E-state index in [9.17, 15) is 16.8 Å². The van der Waals surface area contributed by atoms with Crippen LogP contribution in [0.15, 0.2) is 0 Å². The number of sulfonamides is 2. The molecule has 0 radical (unpaired) electrons. The van der Waals surface area contributed by atoms with Gasteiger partial charge in [-0.2, -0.15) is 0 Å². The van der Waals surface area contributed by atoms with Crippen molar-refractivity contribution in [2.75, 3.05) is 26.3 Å². The first-order chi connectivity index (χ1) is 9.33. The van der Waals surface area contributed by atoms with Gasteiger partial charge in [0.2, 0.25) is 20.0 Å². The second-order valence-electron chi connectivity index (χ2n) is 4.74. The Morgan fingerprint density at radius 1 is 0.850 bits per heavy atom. The summed E-state index contributed by atoms with van der Waals surface area (Å²) in [5.41, 5.74) is 0. The largest absolute Gasteiger partial charge is 0.395 e. The molecule has 0 spiro atoms. The molecular weight excluding hydrogens is 308 g/mol. The molecule has 20 heavy (non-hydrogen) atoms. The molecule has 10 heteroatoms. The van der Waals surface area contributed by atoms with Crippen LogP contribution in [0.4, 0.5) is 0 Å². The molecule has 0 aliphatic heterocycles. The minimum absolute atomic E-state index is 0.0293. The molecule has 0 amide bonds. The quantitative estimate of drug-likeness (QED) is 0.412. The van der Waals surface area contributed by atoms with Gasteiger partial charge in [0, 0.05) is 13.1 Å². The lowest BCUT2D eigenvalue weighted by atomic mass is 10.00. The van der Waals surface area contributed by atoms with Gasteiger partial charge in [-0.3, -0.25) is 0 Å². The van der Waals surface area contributed by atoms with Crippen molar-refractivity contribution in [3.8, 4) is 0 Å². The monoisotopic (exact) mass is 330 g/mol. The molecule has 0 saturated heterocycles. The van der Waals surface area contributed by atoms with Gasteiger partial charge in [0.25, 0.3) is 0 Å². The molecule has 2 atom stereocenters. The van der Waals surface area contributed by atoms with Crippen molar-refractivity contribution in [1.29, 1.82) is 0 Å². The Morgan fingerprint density at radius 2 is 1.25 bits per heavy atom. The summed E-state index contributed by atoms with van der Waals surface area (Å²) in [6.07, 6.45) is 1.36. The highest BCUT2D eigenvalue weighted by molar-refractivity contribution is 7.91. The van der Waals surface area contributed by atoms with Gasteiger partial charge in [0.1, 0.15) is 0 Å². The number of nitrogens with one attached hydrogen (secondary N) is 2. The third-order valence-electron chi connectivity index (χ3n) is 3.29. The molecule has 1 fully saturated rings. The predicted molar refractivity (Wildman–Crippen MR) is 74.1 cm³/mol. The molecule has 1 saturated carbocycles. The van der Waals surface area contributed by atoms with Gasteiger partial charge in [-0.25, -0.2) is 26.3 Å². The van der Waals surface area contributed by atoms with Crippen molar-refractivity contribution in [1.82, 2.24) is 9.44 Å². The van der Waals surface area contributed by atoms with Crippen LogP contribution in [0.3, 0.4) is 0 Å². The zero-order valence-electron chi connectivity index (χ0n) is 11.2. The van der Waals surface area contributed by atoms with Crippen molar-refractivity contribution < 1.29 is 27.0 Å². The summed E-state index contributed by atoms with van der Waals surface area (Å²) in [5, 5.41) is 15.8. The lowest BCUT2D eigenvalue weighted by molar-refractivity contribution is 0.300. The highest BCUT2D eigenvalue weighted by atomic mass is 32.2. The molecule has 8 nitrogen and oxygen atoms in total. The van der Waals surface area contributed by atoms with E-state index < -0.39 is 30.5 Å². The summed E-state index contributed by atoms with van der Waals surface area (Å²) >= 11 is 0. The molecule has 2 unspecified atom stereocenters. The minimum atomic E-state index is -3.61.